The Kier molecular flexibility index (Phi) is 7.23. The Balaban J connectivity index is 1.75. The average molecular weight is 459 g/mol. The number of thiophene rings is 1. The Morgan fingerprint density at radius 1 is 1.40 bits per heavy atom. The van der Waals surface area contributed by atoms with Crippen LogP contribution in [0.4, 0.5) is 18.9 Å². The second kappa shape index (κ2) is 9.69. The van der Waals surface area contributed by atoms with Crippen LogP contribution in [0.1, 0.15) is 40.9 Å². The Labute approximate surface area is 179 Å². The fraction of sp³-hybridized carbons (Fsp3) is 0.400. The van der Waals surface area contributed by atoms with Gasteiger partial charge in [-0.2, -0.15) is 0 Å². The molecule has 160 valence electrons. The molecule has 2 aromatic rings. The van der Waals surface area contributed by atoms with Crippen LogP contribution in [-0.4, -0.2) is 28.1 Å². The van der Waals surface area contributed by atoms with Gasteiger partial charge in [0, 0.05) is 18.2 Å². The van der Waals surface area contributed by atoms with Gasteiger partial charge in [0.2, 0.25) is 0 Å². The minimum absolute atomic E-state index is 0.0563. The number of pyridine rings is 1. The number of alkyl halides is 2. The van der Waals surface area contributed by atoms with E-state index in [0.717, 1.165) is 42.9 Å². The minimum atomic E-state index is -2.85. The number of hydrogen-bond acceptors (Lipinski definition) is 4. The third-order valence-corrected chi connectivity index (χ3v) is 5.96. The lowest BCUT2D eigenvalue weighted by Crippen LogP contribution is -2.26. The van der Waals surface area contributed by atoms with Crippen molar-refractivity contribution < 1.29 is 23.1 Å². The standard InChI is InChI=1S/C20H18ClF3N2O3S/c21-18-12(5-4-11-2-1-3-14(27)6-11)7-16(30-18)19(28)25-13-8-15(22)20(29)26(9-13)10-17(23)24/h7-9,11,14,17,27H,1-3,6,10H2,(H,25,28)/t11-,14+/m1/s1. The summed E-state index contributed by atoms with van der Waals surface area (Å²) in [5.41, 5.74) is -0.871. The number of carbonyl (C=O) groups excluding carboxylic acids is 1. The van der Waals surface area contributed by atoms with Crippen molar-refractivity contribution in [3.05, 3.63) is 49.3 Å². The number of amides is 1. The van der Waals surface area contributed by atoms with E-state index in [2.05, 4.69) is 17.2 Å². The number of hydrogen-bond donors (Lipinski definition) is 2. The molecule has 0 aliphatic heterocycles. The van der Waals surface area contributed by atoms with Crippen molar-refractivity contribution >= 4 is 34.5 Å². The second-order valence-corrected chi connectivity index (χ2v) is 8.62. The predicted octanol–water partition coefficient (Wildman–Crippen LogP) is 4.12. The molecule has 2 aromatic heterocycles. The topological polar surface area (TPSA) is 71.3 Å². The first-order valence-corrected chi connectivity index (χ1v) is 10.4. The lowest BCUT2D eigenvalue weighted by Gasteiger charge is -2.21. The highest BCUT2D eigenvalue weighted by atomic mass is 35.5. The fourth-order valence-electron chi connectivity index (χ4n) is 3.19. The van der Waals surface area contributed by atoms with Gasteiger partial charge < -0.3 is 15.0 Å². The van der Waals surface area contributed by atoms with Crippen molar-refractivity contribution in [3.8, 4) is 11.8 Å². The van der Waals surface area contributed by atoms with Crippen molar-refractivity contribution in [1.29, 1.82) is 0 Å². The van der Waals surface area contributed by atoms with Crippen molar-refractivity contribution in [2.45, 2.75) is 44.8 Å². The van der Waals surface area contributed by atoms with Gasteiger partial charge in [0.25, 0.3) is 17.9 Å². The monoisotopic (exact) mass is 458 g/mol. The molecule has 1 aliphatic rings. The van der Waals surface area contributed by atoms with Gasteiger partial charge in [-0.05, 0) is 31.7 Å². The Morgan fingerprint density at radius 3 is 2.87 bits per heavy atom. The lowest BCUT2D eigenvalue weighted by atomic mass is 9.88. The molecule has 0 radical (unpaired) electrons. The van der Waals surface area contributed by atoms with Gasteiger partial charge in [0.05, 0.1) is 28.8 Å². The summed E-state index contributed by atoms with van der Waals surface area (Å²) in [4.78, 5) is 24.2. The summed E-state index contributed by atoms with van der Waals surface area (Å²) < 4.78 is 39.7. The van der Waals surface area contributed by atoms with Crippen LogP contribution in [0, 0.1) is 23.6 Å². The summed E-state index contributed by atoms with van der Waals surface area (Å²) in [5, 5.41) is 12.1. The molecule has 2 atom stereocenters. The molecule has 0 bridgehead atoms. The van der Waals surface area contributed by atoms with Crippen LogP contribution in [0.5, 0.6) is 0 Å². The predicted molar refractivity (Wildman–Crippen MR) is 109 cm³/mol. The molecule has 3 rings (SSSR count). The third kappa shape index (κ3) is 5.65. The van der Waals surface area contributed by atoms with Crippen molar-refractivity contribution in [2.75, 3.05) is 5.32 Å². The first-order valence-electron chi connectivity index (χ1n) is 9.21. The number of aliphatic hydroxyl groups is 1. The average Bonchev–Trinajstić information content (AvgIpc) is 3.04. The van der Waals surface area contributed by atoms with E-state index in [9.17, 15) is 27.9 Å². The van der Waals surface area contributed by atoms with Crippen LogP contribution in [0.2, 0.25) is 4.34 Å². The summed E-state index contributed by atoms with van der Waals surface area (Å²) >= 11 is 7.14. The van der Waals surface area contributed by atoms with E-state index >= 15 is 0 Å². The van der Waals surface area contributed by atoms with E-state index in [4.69, 9.17) is 11.6 Å². The summed E-state index contributed by atoms with van der Waals surface area (Å²) in [7, 11) is 0. The molecular weight excluding hydrogens is 441 g/mol. The number of anilines is 1. The maximum Gasteiger partial charge on any atom is 0.286 e. The van der Waals surface area contributed by atoms with Gasteiger partial charge in [0.15, 0.2) is 5.82 Å². The molecule has 0 unspecified atom stereocenters. The van der Waals surface area contributed by atoms with Crippen LogP contribution < -0.4 is 10.9 Å². The van der Waals surface area contributed by atoms with E-state index in [1.165, 1.54) is 6.07 Å². The highest BCUT2D eigenvalue weighted by Gasteiger charge is 2.19. The quantitative estimate of drug-likeness (QED) is 0.677. The van der Waals surface area contributed by atoms with Gasteiger partial charge in [-0.15, -0.1) is 11.3 Å². The maximum atomic E-state index is 13.7. The molecule has 0 spiro atoms. The highest BCUT2D eigenvalue weighted by Crippen LogP contribution is 2.29. The molecule has 2 N–H and O–H groups in total. The molecule has 1 aliphatic carbocycles. The van der Waals surface area contributed by atoms with Crippen LogP contribution in [0.15, 0.2) is 23.1 Å². The highest BCUT2D eigenvalue weighted by molar-refractivity contribution is 7.18. The van der Waals surface area contributed by atoms with Crippen LogP contribution >= 0.6 is 22.9 Å². The molecule has 5 nitrogen and oxygen atoms in total. The van der Waals surface area contributed by atoms with Gasteiger partial charge in [-0.1, -0.05) is 23.4 Å². The fourth-order valence-corrected chi connectivity index (χ4v) is 4.27. The van der Waals surface area contributed by atoms with E-state index in [0.29, 0.717) is 20.9 Å². The van der Waals surface area contributed by atoms with Crippen molar-refractivity contribution in [1.82, 2.24) is 4.57 Å². The number of aliphatic hydroxyl groups excluding tert-OH is 1. The zero-order chi connectivity index (χ0) is 21.8. The third-order valence-electron chi connectivity index (χ3n) is 4.60. The van der Waals surface area contributed by atoms with Crippen molar-refractivity contribution in [2.24, 2.45) is 5.92 Å². The molecule has 0 aromatic carbocycles. The van der Waals surface area contributed by atoms with Gasteiger partial charge >= 0.3 is 0 Å². The SMILES string of the molecule is O=C(Nc1cc(F)c(=O)n(CC(F)F)c1)c1cc(C#C[C@H]2CCC[C@H](O)C2)c(Cl)s1. The smallest absolute Gasteiger partial charge is 0.286 e. The first kappa shape index (κ1) is 22.4. The molecular formula is C20H18ClF3N2O3S. The number of rotatable bonds is 4. The zero-order valence-corrected chi connectivity index (χ0v) is 17.2. The first-order chi connectivity index (χ1) is 14.2. The molecule has 1 amide bonds. The molecule has 2 heterocycles. The van der Waals surface area contributed by atoms with Crippen LogP contribution in [0.25, 0.3) is 0 Å². The van der Waals surface area contributed by atoms with Gasteiger partial charge in [0.1, 0.15) is 4.34 Å². The largest absolute Gasteiger partial charge is 0.393 e. The normalized spacial score (nSPS) is 18.7. The van der Waals surface area contributed by atoms with Gasteiger partial charge in [-0.25, -0.2) is 13.2 Å². The zero-order valence-electron chi connectivity index (χ0n) is 15.6. The van der Waals surface area contributed by atoms with E-state index < -0.39 is 30.3 Å². The minimum Gasteiger partial charge on any atom is -0.393 e. The van der Waals surface area contributed by atoms with E-state index in [1.807, 2.05) is 0 Å². The Morgan fingerprint density at radius 2 is 2.17 bits per heavy atom. The second-order valence-electron chi connectivity index (χ2n) is 6.96. The van der Waals surface area contributed by atoms with Crippen LogP contribution in [-0.2, 0) is 6.54 Å². The number of halogens is 4. The number of aromatic nitrogens is 1. The van der Waals surface area contributed by atoms with Crippen molar-refractivity contribution in [3.63, 3.8) is 0 Å². The number of carbonyl (C=O) groups is 1. The van der Waals surface area contributed by atoms with Gasteiger partial charge in [-0.3, -0.25) is 9.59 Å². The maximum absolute atomic E-state index is 13.7. The molecule has 0 saturated heterocycles. The van der Waals surface area contributed by atoms with Crippen LogP contribution in [0.3, 0.4) is 0 Å². The molecule has 30 heavy (non-hydrogen) atoms. The summed E-state index contributed by atoms with van der Waals surface area (Å²) in [6.07, 6.45) is 0.908. The molecule has 10 heteroatoms. The van der Waals surface area contributed by atoms with E-state index in [1.54, 1.807) is 0 Å². The number of nitrogens with one attached hydrogen (secondary N) is 1. The Bertz CT molecular complexity index is 1060. The molecule has 1 fully saturated rings. The number of nitrogens with zero attached hydrogens (tertiary/aromatic N) is 1. The summed E-state index contributed by atoms with van der Waals surface area (Å²) in [6, 6.07) is 2.26. The summed E-state index contributed by atoms with van der Waals surface area (Å²) in [6.45, 7) is -0.986. The van der Waals surface area contributed by atoms with E-state index in [-0.39, 0.29) is 22.6 Å². The molecule has 1 saturated carbocycles. The summed E-state index contributed by atoms with van der Waals surface area (Å²) in [5.74, 6) is 4.18. The lowest BCUT2D eigenvalue weighted by molar-refractivity contribution is 0.103. The Hall–Kier alpha value is -2.28.